The van der Waals surface area contributed by atoms with Gasteiger partial charge >= 0.3 is 81.1 Å². The van der Waals surface area contributed by atoms with Crippen LogP contribution in [-0.2, 0) is 6.54 Å². The monoisotopic (exact) mass is 533 g/mol. The Balaban J connectivity index is 0.00000204. The maximum atomic E-state index is 12.5. The van der Waals surface area contributed by atoms with Crippen molar-refractivity contribution in [2.24, 2.45) is 0 Å². The molecule has 0 aromatic heterocycles. The van der Waals surface area contributed by atoms with Crippen molar-refractivity contribution in [1.82, 2.24) is 9.80 Å². The Morgan fingerprint density at radius 1 is 1.20 bits per heavy atom. The number of benzene rings is 2. The first-order valence-corrected chi connectivity index (χ1v) is 9.21. The van der Waals surface area contributed by atoms with Gasteiger partial charge < -0.3 is 27.5 Å². The fourth-order valence-electron chi connectivity index (χ4n) is 2.77. The Hall–Kier alpha value is -1.17. The number of hydrogen-bond acceptors (Lipinski definition) is 5. The summed E-state index contributed by atoms with van der Waals surface area (Å²) in [6, 6.07) is 12.3. The number of amides is 2. The molecule has 2 amide bonds. The van der Waals surface area contributed by atoms with Crippen molar-refractivity contribution in [1.29, 1.82) is 0 Å². The zero-order valence-electron chi connectivity index (χ0n) is 18.9. The predicted molar refractivity (Wildman–Crippen MR) is 115 cm³/mol. The molecule has 30 heavy (non-hydrogen) atoms. The van der Waals surface area contributed by atoms with Crippen LogP contribution in [0.4, 0.5) is 15.3 Å². The maximum Gasteiger partial charge on any atom is 1.00 e. The quantitative estimate of drug-likeness (QED) is 0.482. The molecule has 2 aromatic rings. The summed E-state index contributed by atoms with van der Waals surface area (Å²) in [6.45, 7) is 6.32. The first kappa shape index (κ1) is 28.8. The van der Waals surface area contributed by atoms with Crippen LogP contribution in [0.25, 0.3) is 0 Å². The van der Waals surface area contributed by atoms with Crippen LogP contribution >= 0.6 is 0 Å². The molecule has 0 fully saturated rings. The number of carbonyl (C=O) groups excluding carboxylic acids is 2. The van der Waals surface area contributed by atoms with Gasteiger partial charge in [-0.3, -0.25) is 4.90 Å². The molecule has 1 aliphatic rings. The van der Waals surface area contributed by atoms with Gasteiger partial charge in [0.05, 0.1) is 6.04 Å². The summed E-state index contributed by atoms with van der Waals surface area (Å²) in [6.07, 6.45) is -0.952. The SMILES string of the molecule is CC.CC1c2ccc(OC(=O)N(C)C)cc2OC(=O)N1Cc1cccc(N)c1.[CH3-].[Cs+]. The summed E-state index contributed by atoms with van der Waals surface area (Å²) in [7, 11) is 3.19. The summed E-state index contributed by atoms with van der Waals surface area (Å²) in [5, 5.41) is 0. The minimum absolute atomic E-state index is 0. The van der Waals surface area contributed by atoms with E-state index in [1.54, 1.807) is 43.3 Å². The summed E-state index contributed by atoms with van der Waals surface area (Å²) in [4.78, 5) is 27.1. The Labute approximate surface area is 238 Å². The summed E-state index contributed by atoms with van der Waals surface area (Å²) in [5.41, 5.74) is 8.22. The molecule has 8 heteroatoms. The van der Waals surface area contributed by atoms with E-state index >= 15 is 0 Å². The molecule has 7 nitrogen and oxygen atoms in total. The molecular weight excluding hydrogens is 503 g/mol. The molecule has 2 N–H and O–H groups in total. The third kappa shape index (κ3) is 7.21. The molecular formula is C22H30CsN3O4. The summed E-state index contributed by atoms with van der Waals surface area (Å²) >= 11 is 0. The summed E-state index contributed by atoms with van der Waals surface area (Å²) < 4.78 is 10.7. The van der Waals surface area contributed by atoms with Crippen molar-refractivity contribution >= 4 is 17.9 Å². The Morgan fingerprint density at radius 3 is 2.47 bits per heavy atom. The molecule has 2 aromatic carbocycles. The molecule has 0 spiro atoms. The number of rotatable bonds is 3. The number of hydrogen-bond donors (Lipinski definition) is 1. The van der Waals surface area contributed by atoms with Crippen LogP contribution in [-0.4, -0.2) is 36.1 Å². The molecule has 0 saturated heterocycles. The van der Waals surface area contributed by atoms with Gasteiger partial charge in [0.2, 0.25) is 0 Å². The van der Waals surface area contributed by atoms with E-state index in [2.05, 4.69) is 0 Å². The fraction of sp³-hybridized carbons (Fsp3) is 0.318. The van der Waals surface area contributed by atoms with E-state index in [0.717, 1.165) is 11.1 Å². The van der Waals surface area contributed by atoms with E-state index in [9.17, 15) is 9.59 Å². The first-order chi connectivity index (χ1) is 13.3. The van der Waals surface area contributed by atoms with Crippen molar-refractivity contribution in [3.05, 3.63) is 61.0 Å². The minimum atomic E-state index is -0.497. The maximum absolute atomic E-state index is 12.5. The Bertz CT molecular complexity index is 858. The van der Waals surface area contributed by atoms with E-state index in [-0.39, 0.29) is 82.4 Å². The zero-order chi connectivity index (χ0) is 20.8. The van der Waals surface area contributed by atoms with Crippen LogP contribution in [0.15, 0.2) is 42.5 Å². The first-order valence-electron chi connectivity index (χ1n) is 9.21. The van der Waals surface area contributed by atoms with Gasteiger partial charge in [0.15, 0.2) is 0 Å². The van der Waals surface area contributed by atoms with E-state index in [1.165, 1.54) is 4.90 Å². The van der Waals surface area contributed by atoms with E-state index in [4.69, 9.17) is 15.2 Å². The second-order valence-electron chi connectivity index (χ2n) is 6.38. The molecule has 1 unspecified atom stereocenters. The van der Waals surface area contributed by atoms with Crippen LogP contribution in [0.3, 0.4) is 0 Å². The normalized spacial score (nSPS) is 14.0. The van der Waals surface area contributed by atoms with Crippen LogP contribution in [0.2, 0.25) is 0 Å². The van der Waals surface area contributed by atoms with E-state index in [1.807, 2.05) is 39.0 Å². The van der Waals surface area contributed by atoms with E-state index < -0.39 is 12.2 Å². The molecule has 0 radical (unpaired) electrons. The van der Waals surface area contributed by atoms with Gasteiger partial charge in [0.25, 0.3) is 0 Å². The number of nitrogens with zero attached hydrogens (tertiary/aromatic N) is 2. The molecule has 0 bridgehead atoms. The van der Waals surface area contributed by atoms with Gasteiger partial charge in [-0.05, 0) is 36.8 Å². The van der Waals surface area contributed by atoms with Crippen molar-refractivity contribution in [3.8, 4) is 11.5 Å². The molecule has 1 heterocycles. The van der Waals surface area contributed by atoms with Crippen LogP contribution in [0, 0.1) is 7.43 Å². The smallest absolute Gasteiger partial charge is 0.410 e. The van der Waals surface area contributed by atoms with Crippen LogP contribution in [0.1, 0.15) is 37.9 Å². The van der Waals surface area contributed by atoms with Gasteiger partial charge in [-0.1, -0.05) is 26.0 Å². The standard InChI is InChI=1S/C19H21N3O4.C2H6.CH3.Cs/c1-12-16-8-7-15(25-18(23)21(2)3)10-17(16)26-19(24)22(12)11-13-5-4-6-14(20)9-13;1-2;;/h4-10,12H,11,20H2,1-3H3;1-2H3;1H3;/q;;-1;+1. The van der Waals surface area contributed by atoms with Gasteiger partial charge in [-0.2, -0.15) is 0 Å². The third-order valence-electron chi connectivity index (χ3n) is 4.21. The summed E-state index contributed by atoms with van der Waals surface area (Å²) in [5.74, 6) is 0.724. The van der Waals surface area contributed by atoms with Crippen molar-refractivity contribution < 1.29 is 88.0 Å². The molecule has 0 saturated carbocycles. The Morgan fingerprint density at radius 2 is 1.87 bits per heavy atom. The third-order valence-corrected chi connectivity index (χ3v) is 4.21. The topological polar surface area (TPSA) is 85.1 Å². The molecule has 3 rings (SSSR count). The van der Waals surface area contributed by atoms with Crippen molar-refractivity contribution in [2.75, 3.05) is 19.8 Å². The number of nitrogens with two attached hydrogens (primary N) is 1. The fourth-order valence-corrected chi connectivity index (χ4v) is 2.77. The largest absolute Gasteiger partial charge is 1.00 e. The number of anilines is 1. The van der Waals surface area contributed by atoms with Crippen molar-refractivity contribution in [3.63, 3.8) is 0 Å². The predicted octanol–water partition coefficient (Wildman–Crippen LogP) is 1.89. The van der Waals surface area contributed by atoms with Gasteiger partial charge in [-0.25, -0.2) is 9.59 Å². The molecule has 1 atom stereocenters. The zero-order valence-corrected chi connectivity index (χ0v) is 25.2. The average molecular weight is 533 g/mol. The van der Waals surface area contributed by atoms with E-state index in [0.29, 0.717) is 23.7 Å². The van der Waals surface area contributed by atoms with Crippen molar-refractivity contribution in [2.45, 2.75) is 33.4 Å². The minimum Gasteiger partial charge on any atom is -0.410 e. The number of nitrogen functional groups attached to an aromatic ring is 1. The Kier molecular flexibility index (Phi) is 12.8. The van der Waals surface area contributed by atoms with Crippen LogP contribution in [0.5, 0.6) is 11.5 Å². The second kappa shape index (κ2) is 13.3. The molecule has 1 aliphatic heterocycles. The average Bonchev–Trinajstić information content (AvgIpc) is 2.66. The van der Waals surface area contributed by atoms with Gasteiger partial charge in [0, 0.05) is 38.0 Å². The number of ether oxygens (including phenoxy) is 2. The molecule has 0 aliphatic carbocycles. The number of fused-ring (bicyclic) bond motifs is 1. The number of carbonyl (C=O) groups is 2. The van der Waals surface area contributed by atoms with Crippen LogP contribution < -0.4 is 84.1 Å². The van der Waals surface area contributed by atoms with Gasteiger partial charge in [-0.15, -0.1) is 0 Å². The second-order valence-corrected chi connectivity index (χ2v) is 6.38. The van der Waals surface area contributed by atoms with Gasteiger partial charge in [0.1, 0.15) is 11.5 Å². The molecule has 158 valence electrons.